The summed E-state index contributed by atoms with van der Waals surface area (Å²) in [6.07, 6.45) is 1.32. The molecule has 9 heteroatoms. The Labute approximate surface area is 141 Å². The van der Waals surface area contributed by atoms with Crippen LogP contribution in [0.5, 0.6) is 0 Å². The van der Waals surface area contributed by atoms with Crippen LogP contribution in [0.1, 0.15) is 34.1 Å². The van der Waals surface area contributed by atoms with Gasteiger partial charge in [0.05, 0.1) is 0 Å². The Balaban J connectivity index is 4.67. The van der Waals surface area contributed by atoms with Crippen LogP contribution in [0.25, 0.3) is 0 Å². The van der Waals surface area contributed by atoms with E-state index in [0.717, 1.165) is 0 Å². The molecule has 1 amide bonds. The molecule has 0 bridgehead atoms. The fourth-order valence-electron chi connectivity index (χ4n) is 1.27. The molecule has 0 heterocycles. The summed E-state index contributed by atoms with van der Waals surface area (Å²) in [5.74, 6) is -0.648. The zero-order valence-electron chi connectivity index (χ0n) is 13.5. The summed E-state index contributed by atoms with van der Waals surface area (Å²) in [7, 11) is 0. The van der Waals surface area contributed by atoms with Crippen molar-refractivity contribution in [3.8, 4) is 0 Å². The SMILES string of the molecule is CSCCC(N)([Se]C(=O)C(C)NC(=O)OC(C)(C)C)C(=O)O. The van der Waals surface area contributed by atoms with E-state index in [4.69, 9.17) is 10.5 Å². The second kappa shape index (κ2) is 8.76. The fourth-order valence-corrected chi connectivity index (χ4v) is 3.94. The normalized spacial score (nSPS) is 15.5. The number of hydrogen-bond donors (Lipinski definition) is 3. The number of nitrogens with one attached hydrogen (secondary N) is 1. The molecule has 0 saturated heterocycles. The first kappa shape index (κ1) is 21.2. The van der Waals surface area contributed by atoms with Crippen molar-refractivity contribution in [2.75, 3.05) is 12.0 Å². The second-order valence-corrected chi connectivity index (χ2v) is 9.51. The molecule has 2 unspecified atom stereocenters. The van der Waals surface area contributed by atoms with Crippen molar-refractivity contribution >= 4 is 43.5 Å². The number of nitrogens with two attached hydrogens (primary N) is 1. The van der Waals surface area contributed by atoms with Crippen molar-refractivity contribution in [1.82, 2.24) is 5.32 Å². The predicted octanol–water partition coefficient (Wildman–Crippen LogP) is 0.623. The van der Waals surface area contributed by atoms with Gasteiger partial charge in [-0.1, -0.05) is 0 Å². The van der Waals surface area contributed by atoms with Crippen LogP contribution in [-0.4, -0.2) is 64.9 Å². The average molecular weight is 399 g/mol. The van der Waals surface area contributed by atoms with E-state index in [1.807, 2.05) is 6.26 Å². The Morgan fingerprint density at radius 1 is 1.36 bits per heavy atom. The number of ether oxygens (including phenoxy) is 1. The molecule has 0 aromatic carbocycles. The van der Waals surface area contributed by atoms with Crippen LogP contribution in [0.4, 0.5) is 4.79 Å². The first-order valence-corrected chi connectivity index (χ1v) is 9.75. The molecule has 0 radical (unpaired) electrons. The number of alkyl carbamates (subject to hydrolysis) is 1. The summed E-state index contributed by atoms with van der Waals surface area (Å²) in [6, 6.07) is -0.841. The van der Waals surface area contributed by atoms with E-state index in [2.05, 4.69) is 5.32 Å². The number of carbonyl (C=O) groups is 3. The summed E-state index contributed by atoms with van der Waals surface area (Å²) >= 11 is 0.467. The van der Waals surface area contributed by atoms with Crippen molar-refractivity contribution in [3.05, 3.63) is 0 Å². The van der Waals surface area contributed by atoms with Crippen LogP contribution < -0.4 is 11.1 Å². The van der Waals surface area contributed by atoms with Gasteiger partial charge in [-0.2, -0.15) is 0 Å². The number of aliphatic carboxylic acids is 1. The van der Waals surface area contributed by atoms with Crippen LogP contribution in [0, 0.1) is 0 Å². The van der Waals surface area contributed by atoms with Crippen LogP contribution >= 0.6 is 11.8 Å². The molecule has 0 aliphatic rings. The summed E-state index contributed by atoms with van der Waals surface area (Å²) in [4.78, 5) is 35.1. The fraction of sp³-hybridized carbons (Fsp3) is 0.769. The van der Waals surface area contributed by atoms with Crippen molar-refractivity contribution in [3.63, 3.8) is 0 Å². The topological polar surface area (TPSA) is 119 Å². The third kappa shape index (κ3) is 8.03. The van der Waals surface area contributed by atoms with Crippen molar-refractivity contribution < 1.29 is 24.2 Å². The standard InChI is InChI=1S/C13H24N2O5SSe/c1-8(15-11(19)20-12(2,3)4)9(16)22-13(14,10(17)18)6-7-21-5/h8H,6-7,14H2,1-5H3,(H,15,19)(H,17,18). The number of carboxylic acids is 1. The predicted molar refractivity (Wildman–Crippen MR) is 87.1 cm³/mol. The van der Waals surface area contributed by atoms with E-state index >= 15 is 0 Å². The van der Waals surface area contributed by atoms with Crippen LogP contribution in [-0.2, 0) is 14.3 Å². The van der Waals surface area contributed by atoms with Gasteiger partial charge in [0.1, 0.15) is 0 Å². The number of carbonyl (C=O) groups excluding carboxylic acids is 2. The molecule has 0 saturated carbocycles. The summed E-state index contributed by atoms with van der Waals surface area (Å²) in [6.45, 7) is 6.62. The molecule has 7 nitrogen and oxygen atoms in total. The number of thioether (sulfide) groups is 1. The molecule has 0 aromatic rings. The Kier molecular flexibility index (Phi) is 8.46. The van der Waals surface area contributed by atoms with E-state index in [1.54, 1.807) is 20.8 Å². The quantitative estimate of drug-likeness (QED) is 0.512. The van der Waals surface area contributed by atoms with Crippen LogP contribution in [0.3, 0.4) is 0 Å². The van der Waals surface area contributed by atoms with E-state index < -0.39 is 43.1 Å². The zero-order valence-corrected chi connectivity index (χ0v) is 16.0. The summed E-state index contributed by atoms with van der Waals surface area (Å²) < 4.78 is 3.11. The molecule has 4 N–H and O–H groups in total. The Hall–Kier alpha value is -0.761. The zero-order chi connectivity index (χ0) is 17.6. The first-order chi connectivity index (χ1) is 9.91. The van der Waals surface area contributed by atoms with Gasteiger partial charge < -0.3 is 0 Å². The number of rotatable bonds is 8. The van der Waals surface area contributed by atoms with Gasteiger partial charge in [-0.15, -0.1) is 0 Å². The van der Waals surface area contributed by atoms with Crippen LogP contribution in [0.2, 0.25) is 0 Å². The maximum absolute atomic E-state index is 12.1. The Bertz CT molecular complexity index is 427. The third-order valence-electron chi connectivity index (χ3n) is 2.41. The Morgan fingerprint density at radius 3 is 2.32 bits per heavy atom. The van der Waals surface area contributed by atoms with Gasteiger partial charge >= 0.3 is 141 Å². The van der Waals surface area contributed by atoms with E-state index in [1.165, 1.54) is 18.7 Å². The Morgan fingerprint density at radius 2 is 1.91 bits per heavy atom. The molecule has 0 spiro atoms. The minimum atomic E-state index is -1.56. The number of amides is 1. The van der Waals surface area contributed by atoms with E-state index in [9.17, 15) is 19.5 Å². The average Bonchev–Trinajstić information content (AvgIpc) is 2.33. The third-order valence-corrected chi connectivity index (χ3v) is 5.74. The van der Waals surface area contributed by atoms with E-state index in [0.29, 0.717) is 5.75 Å². The molecule has 0 rings (SSSR count). The number of hydrogen-bond acceptors (Lipinski definition) is 6. The first-order valence-electron chi connectivity index (χ1n) is 6.65. The number of carboxylic acid groups (broad SMARTS) is 1. The van der Waals surface area contributed by atoms with Gasteiger partial charge in [0.15, 0.2) is 0 Å². The maximum atomic E-state index is 12.1. The van der Waals surface area contributed by atoms with Gasteiger partial charge in [0, 0.05) is 0 Å². The van der Waals surface area contributed by atoms with Crippen molar-refractivity contribution in [2.24, 2.45) is 5.73 Å². The van der Waals surface area contributed by atoms with Gasteiger partial charge in [-0.25, -0.2) is 0 Å². The molecular weight excluding hydrogens is 375 g/mol. The molecule has 0 aliphatic heterocycles. The second-order valence-electron chi connectivity index (χ2n) is 5.73. The molecule has 0 aromatic heterocycles. The summed E-state index contributed by atoms with van der Waals surface area (Å²) in [5.41, 5.74) is 5.18. The van der Waals surface area contributed by atoms with Crippen molar-refractivity contribution in [2.45, 2.75) is 50.2 Å². The van der Waals surface area contributed by atoms with Gasteiger partial charge in [0.25, 0.3) is 0 Å². The van der Waals surface area contributed by atoms with Gasteiger partial charge in [0.2, 0.25) is 0 Å². The molecule has 0 fully saturated rings. The molecule has 22 heavy (non-hydrogen) atoms. The van der Waals surface area contributed by atoms with Gasteiger partial charge in [-0.05, 0) is 0 Å². The molecular formula is C13H24N2O5SSe. The van der Waals surface area contributed by atoms with E-state index in [-0.39, 0.29) is 11.1 Å². The minimum absolute atomic E-state index is 0.203. The van der Waals surface area contributed by atoms with Crippen molar-refractivity contribution in [1.29, 1.82) is 0 Å². The molecule has 0 aliphatic carbocycles. The van der Waals surface area contributed by atoms with Gasteiger partial charge in [-0.3, -0.25) is 0 Å². The molecule has 128 valence electrons. The monoisotopic (exact) mass is 400 g/mol. The molecule has 2 atom stereocenters. The van der Waals surface area contributed by atoms with Crippen LogP contribution in [0.15, 0.2) is 0 Å². The summed E-state index contributed by atoms with van der Waals surface area (Å²) in [5, 5.41) is 11.6.